The fourth-order valence-electron chi connectivity index (χ4n) is 1.62. The first kappa shape index (κ1) is 14.9. The first-order valence-electron chi connectivity index (χ1n) is 5.69. The van der Waals surface area contributed by atoms with Gasteiger partial charge in [-0.25, -0.2) is 17.6 Å². The van der Waals surface area contributed by atoms with Crippen LogP contribution < -0.4 is 0 Å². The third kappa shape index (κ3) is 3.13. The third-order valence-electron chi connectivity index (χ3n) is 2.66. The maximum atomic E-state index is 13.5. The highest BCUT2D eigenvalue weighted by Crippen LogP contribution is 2.28. The van der Waals surface area contributed by atoms with Crippen molar-refractivity contribution in [3.05, 3.63) is 65.2 Å². The van der Waals surface area contributed by atoms with Crippen LogP contribution in [0.25, 0.3) is 0 Å². The van der Waals surface area contributed by atoms with Crippen molar-refractivity contribution in [1.29, 1.82) is 0 Å². The molecular formula is C14H10F4OS. The number of aliphatic hydroxyl groups excluding tert-OH is 1. The molecule has 20 heavy (non-hydrogen) atoms. The van der Waals surface area contributed by atoms with Gasteiger partial charge in [-0.05, 0) is 18.2 Å². The molecule has 0 radical (unpaired) electrons. The second-order valence-electron chi connectivity index (χ2n) is 4.02. The first-order chi connectivity index (χ1) is 9.50. The summed E-state index contributed by atoms with van der Waals surface area (Å²) in [7, 11) is 0. The molecule has 2 aromatic carbocycles. The molecule has 1 N–H and O–H groups in total. The summed E-state index contributed by atoms with van der Waals surface area (Å²) in [6.45, 7) is 0. The number of hydrogen-bond donors (Lipinski definition) is 1. The fraction of sp³-hybridized carbons (Fsp3) is 0.143. The van der Waals surface area contributed by atoms with E-state index >= 15 is 0 Å². The van der Waals surface area contributed by atoms with Crippen LogP contribution in [0, 0.1) is 23.3 Å². The molecule has 0 spiro atoms. The molecule has 106 valence electrons. The normalized spacial score (nSPS) is 12.4. The van der Waals surface area contributed by atoms with Gasteiger partial charge in [0.2, 0.25) is 0 Å². The van der Waals surface area contributed by atoms with Gasteiger partial charge in [-0.3, -0.25) is 0 Å². The predicted molar refractivity (Wildman–Crippen MR) is 68.4 cm³/mol. The highest BCUT2D eigenvalue weighted by atomic mass is 32.2. The Morgan fingerprint density at radius 2 is 1.60 bits per heavy atom. The molecule has 1 unspecified atom stereocenters. The van der Waals surface area contributed by atoms with Crippen LogP contribution in [0.2, 0.25) is 0 Å². The average molecular weight is 302 g/mol. The largest absolute Gasteiger partial charge is 0.387 e. The van der Waals surface area contributed by atoms with Gasteiger partial charge in [0.15, 0.2) is 17.5 Å². The molecule has 0 fully saturated rings. The monoisotopic (exact) mass is 302 g/mol. The maximum absolute atomic E-state index is 13.5. The van der Waals surface area contributed by atoms with Crippen LogP contribution in [0.1, 0.15) is 11.7 Å². The van der Waals surface area contributed by atoms with Gasteiger partial charge in [-0.1, -0.05) is 18.2 Å². The Morgan fingerprint density at radius 1 is 0.900 bits per heavy atom. The van der Waals surface area contributed by atoms with E-state index in [9.17, 15) is 22.7 Å². The van der Waals surface area contributed by atoms with Gasteiger partial charge < -0.3 is 5.11 Å². The number of thioether (sulfide) groups is 1. The van der Waals surface area contributed by atoms with Crippen LogP contribution in [0.5, 0.6) is 0 Å². The molecule has 6 heteroatoms. The van der Waals surface area contributed by atoms with Crippen molar-refractivity contribution in [2.45, 2.75) is 11.0 Å². The summed E-state index contributed by atoms with van der Waals surface area (Å²) in [5.41, 5.74) is -0.354. The van der Waals surface area contributed by atoms with E-state index in [0.29, 0.717) is 0 Å². The smallest absolute Gasteiger partial charge is 0.194 e. The second kappa shape index (κ2) is 6.28. The van der Waals surface area contributed by atoms with Crippen molar-refractivity contribution in [2.75, 3.05) is 5.75 Å². The van der Waals surface area contributed by atoms with Crippen LogP contribution >= 0.6 is 11.8 Å². The summed E-state index contributed by atoms with van der Waals surface area (Å²) in [4.78, 5) is 0.287. The molecule has 2 rings (SSSR count). The molecule has 0 amide bonds. The van der Waals surface area contributed by atoms with E-state index in [1.54, 1.807) is 6.07 Å². The van der Waals surface area contributed by atoms with Gasteiger partial charge in [0.05, 0.1) is 6.10 Å². The van der Waals surface area contributed by atoms with Crippen molar-refractivity contribution in [2.24, 2.45) is 0 Å². The lowest BCUT2D eigenvalue weighted by Gasteiger charge is -2.12. The van der Waals surface area contributed by atoms with Crippen molar-refractivity contribution in [1.82, 2.24) is 0 Å². The van der Waals surface area contributed by atoms with Gasteiger partial charge >= 0.3 is 0 Å². The van der Waals surface area contributed by atoms with E-state index in [1.807, 2.05) is 0 Å². The van der Waals surface area contributed by atoms with E-state index in [-0.39, 0.29) is 16.2 Å². The molecule has 0 saturated heterocycles. The SMILES string of the molecule is OC(CSc1ccccc1F)c1ccc(F)c(F)c1F. The Hall–Kier alpha value is -1.53. The van der Waals surface area contributed by atoms with E-state index in [0.717, 1.165) is 23.9 Å². The van der Waals surface area contributed by atoms with E-state index in [4.69, 9.17) is 0 Å². The molecule has 1 atom stereocenters. The lowest BCUT2D eigenvalue weighted by Crippen LogP contribution is -2.06. The lowest BCUT2D eigenvalue weighted by atomic mass is 10.1. The van der Waals surface area contributed by atoms with Crippen LogP contribution in [-0.4, -0.2) is 10.9 Å². The van der Waals surface area contributed by atoms with E-state index in [2.05, 4.69) is 0 Å². The van der Waals surface area contributed by atoms with Crippen LogP contribution in [0.15, 0.2) is 41.3 Å². The molecule has 0 aromatic heterocycles. The van der Waals surface area contributed by atoms with Crippen molar-refractivity contribution in [3.63, 3.8) is 0 Å². The Kier molecular flexibility index (Phi) is 4.67. The highest BCUT2D eigenvalue weighted by Gasteiger charge is 2.19. The Morgan fingerprint density at radius 3 is 2.30 bits per heavy atom. The summed E-state index contributed by atoms with van der Waals surface area (Å²) in [5, 5.41) is 9.80. The summed E-state index contributed by atoms with van der Waals surface area (Å²) in [6, 6.07) is 7.62. The number of hydrogen-bond acceptors (Lipinski definition) is 2. The number of halogens is 4. The molecule has 1 nitrogen and oxygen atoms in total. The van der Waals surface area contributed by atoms with Crippen LogP contribution in [0.4, 0.5) is 17.6 Å². The predicted octanol–water partition coefficient (Wildman–Crippen LogP) is 4.07. The van der Waals surface area contributed by atoms with Gasteiger partial charge in [-0.15, -0.1) is 11.8 Å². The molecule has 0 aliphatic heterocycles. The summed E-state index contributed by atoms with van der Waals surface area (Å²) in [6.07, 6.45) is -1.37. The number of aliphatic hydroxyl groups is 1. The summed E-state index contributed by atoms with van der Waals surface area (Å²) >= 11 is 0.961. The van der Waals surface area contributed by atoms with Gasteiger partial charge in [0, 0.05) is 16.2 Å². The number of rotatable bonds is 4. The Balaban J connectivity index is 2.11. The minimum Gasteiger partial charge on any atom is -0.387 e. The van der Waals surface area contributed by atoms with Crippen LogP contribution in [-0.2, 0) is 0 Å². The number of benzene rings is 2. The van der Waals surface area contributed by atoms with Crippen LogP contribution in [0.3, 0.4) is 0 Å². The van der Waals surface area contributed by atoms with Gasteiger partial charge in [0.25, 0.3) is 0 Å². The zero-order chi connectivity index (χ0) is 14.7. The van der Waals surface area contributed by atoms with Crippen molar-refractivity contribution in [3.8, 4) is 0 Å². The minimum absolute atomic E-state index is 0.0804. The van der Waals surface area contributed by atoms with Crippen molar-refractivity contribution < 1.29 is 22.7 Å². The zero-order valence-corrected chi connectivity index (χ0v) is 10.9. The molecule has 0 aliphatic carbocycles. The molecule has 0 saturated carbocycles. The third-order valence-corrected chi connectivity index (χ3v) is 3.78. The average Bonchev–Trinajstić information content (AvgIpc) is 2.44. The minimum atomic E-state index is -1.63. The summed E-state index contributed by atoms with van der Waals surface area (Å²) in [5.74, 6) is -4.91. The Bertz CT molecular complexity index is 618. The Labute approximate surface area is 117 Å². The fourth-order valence-corrected chi connectivity index (χ4v) is 2.52. The lowest BCUT2D eigenvalue weighted by molar-refractivity contribution is 0.197. The second-order valence-corrected chi connectivity index (χ2v) is 5.08. The van der Waals surface area contributed by atoms with E-state index < -0.39 is 29.4 Å². The standard InChI is InChI=1S/C14H10F4OS/c15-9-3-1-2-4-12(9)20-7-11(19)8-5-6-10(16)14(18)13(8)17/h1-6,11,19H,7H2. The highest BCUT2D eigenvalue weighted by molar-refractivity contribution is 7.99. The molecule has 2 aromatic rings. The first-order valence-corrected chi connectivity index (χ1v) is 6.68. The molecule has 0 heterocycles. The topological polar surface area (TPSA) is 20.2 Å². The quantitative estimate of drug-likeness (QED) is 0.522. The molecular weight excluding hydrogens is 292 g/mol. The molecule has 0 bridgehead atoms. The maximum Gasteiger partial charge on any atom is 0.194 e. The van der Waals surface area contributed by atoms with Crippen molar-refractivity contribution >= 4 is 11.8 Å². The van der Waals surface area contributed by atoms with Gasteiger partial charge in [-0.2, -0.15) is 0 Å². The summed E-state index contributed by atoms with van der Waals surface area (Å²) < 4.78 is 52.6. The molecule has 0 aliphatic rings. The van der Waals surface area contributed by atoms with E-state index in [1.165, 1.54) is 18.2 Å². The van der Waals surface area contributed by atoms with Gasteiger partial charge in [0.1, 0.15) is 5.82 Å². The zero-order valence-electron chi connectivity index (χ0n) is 10.1.